The molecule has 1 amide bonds. The Balaban J connectivity index is 2.09. The van der Waals surface area contributed by atoms with Gasteiger partial charge in [-0.1, -0.05) is 38.8 Å². The number of rotatable bonds is 11. The lowest BCUT2D eigenvalue weighted by Crippen LogP contribution is -2.32. The average Bonchev–Trinajstić information content (AvgIpc) is 3.08. The van der Waals surface area contributed by atoms with Crippen LogP contribution in [0.15, 0.2) is 42.6 Å². The van der Waals surface area contributed by atoms with E-state index < -0.39 is 0 Å². The molecule has 0 unspecified atom stereocenters. The first-order valence-corrected chi connectivity index (χ1v) is 9.72. The first-order chi connectivity index (χ1) is 12.7. The maximum Gasteiger partial charge on any atom is 0.222 e. The van der Waals surface area contributed by atoms with E-state index in [2.05, 4.69) is 48.9 Å². The van der Waals surface area contributed by atoms with Crippen molar-refractivity contribution in [2.75, 3.05) is 13.7 Å². The summed E-state index contributed by atoms with van der Waals surface area (Å²) in [5.74, 6) is 1.13. The summed E-state index contributed by atoms with van der Waals surface area (Å²) in [4.78, 5) is 14.5. The van der Waals surface area contributed by atoms with E-state index >= 15 is 0 Å². The zero-order valence-corrected chi connectivity index (χ0v) is 16.4. The third kappa shape index (κ3) is 5.94. The molecule has 2 aromatic rings. The number of hydrogen-bond donors (Lipinski definition) is 0. The molecule has 1 heterocycles. The summed E-state index contributed by atoms with van der Waals surface area (Å²) in [5, 5.41) is 0. The molecule has 0 atom stereocenters. The van der Waals surface area contributed by atoms with Gasteiger partial charge in [0.1, 0.15) is 5.75 Å². The van der Waals surface area contributed by atoms with E-state index in [1.807, 2.05) is 17.0 Å². The van der Waals surface area contributed by atoms with Crippen LogP contribution < -0.4 is 4.74 Å². The van der Waals surface area contributed by atoms with Crippen molar-refractivity contribution in [1.29, 1.82) is 0 Å². The Bertz CT molecular complexity index is 678. The van der Waals surface area contributed by atoms with Gasteiger partial charge in [0.2, 0.25) is 5.91 Å². The molecule has 0 radical (unpaired) electrons. The van der Waals surface area contributed by atoms with Crippen molar-refractivity contribution < 1.29 is 9.53 Å². The van der Waals surface area contributed by atoms with Crippen LogP contribution in [0.25, 0.3) is 0 Å². The lowest BCUT2D eigenvalue weighted by molar-refractivity contribution is -0.132. The molecule has 0 saturated heterocycles. The van der Waals surface area contributed by atoms with Gasteiger partial charge in [-0.25, -0.2) is 0 Å². The molecule has 0 saturated carbocycles. The second-order valence-electron chi connectivity index (χ2n) is 6.75. The lowest BCUT2D eigenvalue weighted by atomic mass is 10.2. The third-order valence-electron chi connectivity index (χ3n) is 4.61. The Hall–Kier alpha value is -2.23. The molecule has 1 aromatic heterocycles. The fraction of sp³-hybridized carbons (Fsp3) is 0.500. The minimum absolute atomic E-state index is 0.262. The van der Waals surface area contributed by atoms with Gasteiger partial charge < -0.3 is 14.2 Å². The number of carbonyl (C=O) groups is 1. The largest absolute Gasteiger partial charge is 0.497 e. The van der Waals surface area contributed by atoms with Crippen LogP contribution in [-0.2, 0) is 17.9 Å². The second-order valence-corrected chi connectivity index (χ2v) is 6.75. The molecule has 1 aromatic carbocycles. The number of nitrogens with zero attached hydrogens (tertiary/aromatic N) is 2. The van der Waals surface area contributed by atoms with Gasteiger partial charge in [-0.05, 0) is 42.7 Å². The molecular weight excluding hydrogens is 324 g/mol. The minimum Gasteiger partial charge on any atom is -0.497 e. The Morgan fingerprint density at radius 3 is 2.69 bits per heavy atom. The molecule has 0 aliphatic carbocycles. The molecule has 0 fully saturated rings. The molecule has 0 N–H and O–H groups in total. The Morgan fingerprint density at radius 1 is 1.12 bits per heavy atom. The second kappa shape index (κ2) is 10.7. The van der Waals surface area contributed by atoms with Crippen LogP contribution in [-0.4, -0.2) is 29.0 Å². The molecule has 0 aliphatic rings. The van der Waals surface area contributed by atoms with Crippen molar-refractivity contribution in [1.82, 2.24) is 9.47 Å². The topological polar surface area (TPSA) is 34.5 Å². The van der Waals surface area contributed by atoms with Crippen LogP contribution >= 0.6 is 0 Å². The van der Waals surface area contributed by atoms with E-state index in [0.29, 0.717) is 13.0 Å². The Labute approximate surface area is 157 Å². The van der Waals surface area contributed by atoms with Gasteiger partial charge in [-0.3, -0.25) is 4.79 Å². The van der Waals surface area contributed by atoms with Crippen LogP contribution in [0.5, 0.6) is 5.75 Å². The van der Waals surface area contributed by atoms with E-state index in [1.54, 1.807) is 7.11 Å². The molecule has 0 aliphatic heterocycles. The van der Waals surface area contributed by atoms with Crippen molar-refractivity contribution in [3.05, 3.63) is 53.9 Å². The van der Waals surface area contributed by atoms with Crippen molar-refractivity contribution in [2.24, 2.45) is 0 Å². The molecule has 4 nitrogen and oxygen atoms in total. The number of ether oxygens (including phenoxy) is 1. The van der Waals surface area contributed by atoms with E-state index in [1.165, 1.54) is 24.1 Å². The molecule has 4 heteroatoms. The van der Waals surface area contributed by atoms with Gasteiger partial charge in [-0.2, -0.15) is 0 Å². The van der Waals surface area contributed by atoms with Crippen LogP contribution in [0.1, 0.15) is 57.2 Å². The van der Waals surface area contributed by atoms with E-state index in [0.717, 1.165) is 31.7 Å². The molecule has 0 spiro atoms. The zero-order chi connectivity index (χ0) is 18.8. The first kappa shape index (κ1) is 20.1. The molecule has 2 rings (SSSR count). The third-order valence-corrected chi connectivity index (χ3v) is 4.61. The number of amides is 1. The molecule has 26 heavy (non-hydrogen) atoms. The Kier molecular flexibility index (Phi) is 8.26. The van der Waals surface area contributed by atoms with Crippen molar-refractivity contribution >= 4 is 5.91 Å². The highest BCUT2D eigenvalue weighted by Crippen LogP contribution is 2.16. The fourth-order valence-electron chi connectivity index (χ4n) is 3.13. The average molecular weight is 357 g/mol. The summed E-state index contributed by atoms with van der Waals surface area (Å²) in [6.45, 7) is 6.56. The maximum atomic E-state index is 12.5. The normalized spacial score (nSPS) is 10.7. The summed E-state index contributed by atoms with van der Waals surface area (Å²) in [5.41, 5.74) is 2.37. The van der Waals surface area contributed by atoms with Crippen LogP contribution in [0.3, 0.4) is 0 Å². The van der Waals surface area contributed by atoms with E-state index in [4.69, 9.17) is 4.74 Å². The van der Waals surface area contributed by atoms with Crippen LogP contribution in [0, 0.1) is 0 Å². The summed E-state index contributed by atoms with van der Waals surface area (Å²) in [6, 6.07) is 12.3. The van der Waals surface area contributed by atoms with Gasteiger partial charge >= 0.3 is 0 Å². The number of hydrogen-bond acceptors (Lipinski definition) is 2. The number of carbonyl (C=O) groups excluding carboxylic acids is 1. The summed E-state index contributed by atoms with van der Waals surface area (Å²) in [6.07, 6.45) is 7.02. The lowest BCUT2D eigenvalue weighted by Gasteiger charge is -2.23. The van der Waals surface area contributed by atoms with Gasteiger partial charge in [0.15, 0.2) is 0 Å². The number of methoxy groups -OCH3 is 1. The molecular formula is C22H32N2O2. The van der Waals surface area contributed by atoms with Crippen molar-refractivity contribution in [3.63, 3.8) is 0 Å². The summed E-state index contributed by atoms with van der Waals surface area (Å²) in [7, 11) is 1.69. The number of benzene rings is 1. The molecule has 142 valence electrons. The first-order valence-electron chi connectivity index (χ1n) is 9.72. The van der Waals surface area contributed by atoms with Crippen molar-refractivity contribution in [3.8, 4) is 5.75 Å². The highest BCUT2D eigenvalue weighted by atomic mass is 16.5. The highest BCUT2D eigenvalue weighted by Gasteiger charge is 2.14. The number of aromatic nitrogens is 1. The summed E-state index contributed by atoms with van der Waals surface area (Å²) >= 11 is 0. The predicted octanol–water partition coefficient (Wildman–Crippen LogP) is 4.86. The fourth-order valence-corrected chi connectivity index (χ4v) is 3.13. The number of unbranched alkanes of at least 4 members (excludes halogenated alkanes) is 2. The highest BCUT2D eigenvalue weighted by molar-refractivity contribution is 5.76. The summed E-state index contributed by atoms with van der Waals surface area (Å²) < 4.78 is 7.54. The monoisotopic (exact) mass is 356 g/mol. The van der Waals surface area contributed by atoms with Crippen LogP contribution in [0.4, 0.5) is 0 Å². The smallest absolute Gasteiger partial charge is 0.222 e. The minimum atomic E-state index is 0.262. The Morgan fingerprint density at radius 2 is 1.96 bits per heavy atom. The van der Waals surface area contributed by atoms with Gasteiger partial charge in [0, 0.05) is 31.4 Å². The van der Waals surface area contributed by atoms with Gasteiger partial charge in [-0.15, -0.1) is 0 Å². The molecule has 0 bridgehead atoms. The van der Waals surface area contributed by atoms with Crippen LogP contribution in [0.2, 0.25) is 0 Å². The SMILES string of the molecule is CCCCCN(Cc1cccn1Cc1cccc(OC)c1)C(=O)CCC. The van der Waals surface area contributed by atoms with Crippen molar-refractivity contribution in [2.45, 2.75) is 59.0 Å². The van der Waals surface area contributed by atoms with E-state index in [-0.39, 0.29) is 5.91 Å². The van der Waals surface area contributed by atoms with Gasteiger partial charge in [0.05, 0.1) is 13.7 Å². The maximum absolute atomic E-state index is 12.5. The van der Waals surface area contributed by atoms with Gasteiger partial charge in [0.25, 0.3) is 0 Å². The predicted molar refractivity (Wildman–Crippen MR) is 106 cm³/mol. The standard InChI is InChI=1S/C22H32N2O2/c1-4-6-7-14-24(22(25)10-5-2)18-20-12-9-15-23(20)17-19-11-8-13-21(16-19)26-3/h8-9,11-13,15-16H,4-7,10,14,17-18H2,1-3H3. The quantitative estimate of drug-likeness (QED) is 0.539. The zero-order valence-electron chi connectivity index (χ0n) is 16.4. The van der Waals surface area contributed by atoms with E-state index in [9.17, 15) is 4.79 Å².